The van der Waals surface area contributed by atoms with Crippen molar-refractivity contribution >= 4 is 22.8 Å². The van der Waals surface area contributed by atoms with Crippen LogP contribution in [0.3, 0.4) is 0 Å². The van der Waals surface area contributed by atoms with Crippen LogP contribution in [0.1, 0.15) is 25.7 Å². The molecule has 0 bridgehead atoms. The van der Waals surface area contributed by atoms with Crippen molar-refractivity contribution in [3.63, 3.8) is 0 Å². The summed E-state index contributed by atoms with van der Waals surface area (Å²) in [4.78, 5) is 40.6. The molecule has 0 radical (unpaired) electrons. The maximum atomic E-state index is 12.6. The van der Waals surface area contributed by atoms with E-state index in [2.05, 4.69) is 25.1 Å². The molecule has 4 heterocycles. The molecule has 0 amide bonds. The number of fused-ring (bicyclic) bond motifs is 1. The zero-order valence-corrected chi connectivity index (χ0v) is 16.4. The minimum absolute atomic E-state index is 0.0801. The van der Waals surface area contributed by atoms with Gasteiger partial charge in [-0.05, 0) is 43.5 Å². The predicted octanol–water partition coefficient (Wildman–Crippen LogP) is 2.03. The first kappa shape index (κ1) is 19.1. The number of hydrogen-bond donors (Lipinski definition) is 1. The first-order valence-electron chi connectivity index (χ1n) is 9.21. The molecule has 10 nitrogen and oxygen atoms in total. The van der Waals surface area contributed by atoms with Crippen LogP contribution >= 0.6 is 11.6 Å². The van der Waals surface area contributed by atoms with E-state index in [-0.39, 0.29) is 23.0 Å². The molecule has 0 atom stereocenters. The van der Waals surface area contributed by atoms with Gasteiger partial charge in [0.2, 0.25) is 17.0 Å². The van der Waals surface area contributed by atoms with Gasteiger partial charge in [-0.3, -0.25) is 18.9 Å². The molecule has 4 aromatic rings. The van der Waals surface area contributed by atoms with E-state index >= 15 is 0 Å². The van der Waals surface area contributed by atoms with E-state index in [4.69, 9.17) is 16.1 Å². The molecule has 1 N–H and O–H groups in total. The molecule has 0 unspecified atom stereocenters. The van der Waals surface area contributed by atoms with Gasteiger partial charge in [0.25, 0.3) is 5.56 Å². The van der Waals surface area contributed by atoms with Gasteiger partial charge in [0.05, 0.1) is 0 Å². The number of nitrogens with zero attached hydrogens (tertiary/aromatic N) is 6. The number of aromatic amines is 1. The predicted molar refractivity (Wildman–Crippen MR) is 106 cm³/mol. The van der Waals surface area contributed by atoms with E-state index in [0.29, 0.717) is 43.2 Å². The topological polar surface area (TPSA) is 124 Å². The van der Waals surface area contributed by atoms with Gasteiger partial charge in [0, 0.05) is 25.7 Å². The lowest BCUT2D eigenvalue weighted by molar-refractivity contribution is 0.372. The average molecular weight is 416 g/mol. The number of aromatic nitrogens is 7. The molecule has 0 aliphatic rings. The fourth-order valence-corrected chi connectivity index (χ4v) is 3.30. The summed E-state index contributed by atoms with van der Waals surface area (Å²) < 4.78 is 7.88. The number of hydrogen-bond acceptors (Lipinski definition) is 7. The Morgan fingerprint density at radius 1 is 1.17 bits per heavy atom. The summed E-state index contributed by atoms with van der Waals surface area (Å²) in [6, 6.07) is 5.47. The van der Waals surface area contributed by atoms with Crippen molar-refractivity contribution in [2.24, 2.45) is 0 Å². The highest BCUT2D eigenvalue weighted by Crippen LogP contribution is 2.13. The van der Waals surface area contributed by atoms with E-state index in [1.807, 2.05) is 19.1 Å². The van der Waals surface area contributed by atoms with E-state index in [1.54, 1.807) is 12.3 Å². The number of pyridine rings is 1. The largest absolute Gasteiger partial charge is 0.339 e. The number of rotatable bonds is 7. The summed E-state index contributed by atoms with van der Waals surface area (Å²) in [5.74, 6) is 0.920. The van der Waals surface area contributed by atoms with Crippen LogP contribution in [0.5, 0.6) is 0 Å². The molecule has 11 heteroatoms. The third-order valence-corrected chi connectivity index (χ3v) is 4.71. The Bertz CT molecular complexity index is 1260. The van der Waals surface area contributed by atoms with E-state index in [0.717, 1.165) is 0 Å². The smallest absolute Gasteiger partial charge is 0.332 e. The van der Waals surface area contributed by atoms with Gasteiger partial charge >= 0.3 is 5.69 Å². The Balaban J connectivity index is 1.45. The van der Waals surface area contributed by atoms with Crippen LogP contribution in [0.2, 0.25) is 5.28 Å². The van der Waals surface area contributed by atoms with Gasteiger partial charge in [-0.25, -0.2) is 4.79 Å². The van der Waals surface area contributed by atoms with Gasteiger partial charge in [-0.1, -0.05) is 11.2 Å². The Labute approximate surface area is 169 Å². The standard InChI is InChI=1S/C18H18ClN7O3/c1-2-25-15-13(22-17(19)23-15)16(27)26(18(25)28)10-6-4-8-12-21-14(24-29-12)11-7-3-5-9-20-11/h3,5,7,9H,2,4,6,8,10H2,1H3,(H,22,23). The molecule has 29 heavy (non-hydrogen) atoms. The summed E-state index contributed by atoms with van der Waals surface area (Å²) in [7, 11) is 0. The molecule has 0 aliphatic heterocycles. The zero-order chi connectivity index (χ0) is 20.4. The number of H-pyrrole nitrogens is 1. The first-order valence-corrected chi connectivity index (χ1v) is 9.59. The summed E-state index contributed by atoms with van der Waals surface area (Å²) in [5.41, 5.74) is 0.318. The van der Waals surface area contributed by atoms with Crippen molar-refractivity contribution in [1.82, 2.24) is 34.2 Å². The number of nitrogens with one attached hydrogen (secondary N) is 1. The second-order valence-corrected chi connectivity index (χ2v) is 6.75. The van der Waals surface area contributed by atoms with Gasteiger partial charge < -0.3 is 9.51 Å². The van der Waals surface area contributed by atoms with Gasteiger partial charge in [-0.2, -0.15) is 9.97 Å². The van der Waals surface area contributed by atoms with Crippen molar-refractivity contribution in [2.75, 3.05) is 0 Å². The first-order chi connectivity index (χ1) is 14.1. The maximum Gasteiger partial charge on any atom is 0.332 e. The molecule has 0 saturated heterocycles. The van der Waals surface area contributed by atoms with Crippen LogP contribution in [0.15, 0.2) is 38.5 Å². The van der Waals surface area contributed by atoms with Crippen LogP contribution in [0, 0.1) is 0 Å². The van der Waals surface area contributed by atoms with Gasteiger partial charge in [0.15, 0.2) is 11.2 Å². The number of unbranched alkanes of at least 4 members (excludes halogenated alkanes) is 1. The van der Waals surface area contributed by atoms with E-state index in [9.17, 15) is 9.59 Å². The summed E-state index contributed by atoms with van der Waals surface area (Å²) >= 11 is 5.87. The lowest BCUT2D eigenvalue weighted by Crippen LogP contribution is -2.40. The highest BCUT2D eigenvalue weighted by Gasteiger charge is 2.16. The van der Waals surface area contributed by atoms with E-state index in [1.165, 1.54) is 9.13 Å². The molecule has 0 saturated carbocycles. The molecule has 150 valence electrons. The fraction of sp³-hybridized carbons (Fsp3) is 0.333. The summed E-state index contributed by atoms with van der Waals surface area (Å²) in [6.07, 6.45) is 3.46. The van der Waals surface area contributed by atoms with Crippen molar-refractivity contribution in [3.05, 3.63) is 56.4 Å². The minimum atomic E-state index is -0.427. The zero-order valence-electron chi connectivity index (χ0n) is 15.6. The molecular weight excluding hydrogens is 398 g/mol. The molecule has 0 aliphatic carbocycles. The second kappa shape index (κ2) is 8.00. The van der Waals surface area contributed by atoms with Crippen molar-refractivity contribution in [2.45, 2.75) is 39.3 Å². The van der Waals surface area contributed by atoms with Crippen LogP contribution < -0.4 is 11.2 Å². The highest BCUT2D eigenvalue weighted by molar-refractivity contribution is 6.28. The van der Waals surface area contributed by atoms with Crippen LogP contribution in [-0.2, 0) is 19.5 Å². The third-order valence-electron chi connectivity index (χ3n) is 4.53. The summed E-state index contributed by atoms with van der Waals surface area (Å²) in [5, 5.41) is 4.01. The van der Waals surface area contributed by atoms with Crippen LogP contribution in [-0.4, -0.2) is 34.2 Å². The highest BCUT2D eigenvalue weighted by atomic mass is 35.5. The Morgan fingerprint density at radius 3 is 2.79 bits per heavy atom. The van der Waals surface area contributed by atoms with Gasteiger partial charge in [-0.15, -0.1) is 0 Å². The molecule has 4 rings (SSSR count). The molecule has 0 spiro atoms. The molecule has 4 aromatic heterocycles. The lowest BCUT2D eigenvalue weighted by atomic mass is 10.2. The molecular formula is C18H18ClN7O3. The monoisotopic (exact) mass is 415 g/mol. The number of aryl methyl sites for hydroxylation is 2. The third kappa shape index (κ3) is 3.70. The number of halogens is 1. The minimum Gasteiger partial charge on any atom is -0.339 e. The van der Waals surface area contributed by atoms with Crippen LogP contribution in [0.4, 0.5) is 0 Å². The SMILES string of the molecule is CCn1c(=O)n(CCCCc2nc(-c3ccccn3)no2)c(=O)c2[nH]c(Cl)nc21. The van der Waals surface area contributed by atoms with Gasteiger partial charge in [0.1, 0.15) is 5.69 Å². The normalized spacial score (nSPS) is 11.4. The fourth-order valence-electron chi connectivity index (χ4n) is 3.12. The Hall–Kier alpha value is -3.27. The van der Waals surface area contributed by atoms with Crippen molar-refractivity contribution in [1.29, 1.82) is 0 Å². The molecule has 0 fully saturated rings. The van der Waals surface area contributed by atoms with E-state index < -0.39 is 11.2 Å². The van der Waals surface area contributed by atoms with Crippen LogP contribution in [0.25, 0.3) is 22.7 Å². The molecule has 0 aromatic carbocycles. The Morgan fingerprint density at radius 2 is 2.03 bits per heavy atom. The maximum absolute atomic E-state index is 12.6. The quantitative estimate of drug-likeness (QED) is 0.361. The summed E-state index contributed by atoms with van der Waals surface area (Å²) in [6.45, 7) is 2.47. The lowest BCUT2D eigenvalue weighted by Gasteiger charge is -2.09. The van der Waals surface area contributed by atoms with Crippen molar-refractivity contribution < 1.29 is 4.52 Å². The van der Waals surface area contributed by atoms with Crippen molar-refractivity contribution in [3.8, 4) is 11.5 Å². The Kier molecular flexibility index (Phi) is 5.26. The second-order valence-electron chi connectivity index (χ2n) is 6.39. The average Bonchev–Trinajstić information content (AvgIpc) is 3.35. The number of imidazole rings is 1.